The fraction of sp³-hybridized carbons (Fsp3) is 0.125. The zero-order valence-corrected chi connectivity index (χ0v) is 15.3. The summed E-state index contributed by atoms with van der Waals surface area (Å²) in [4.78, 5) is 22.4. The average Bonchev–Trinajstić information content (AvgIpc) is 2.64. The molecule has 0 unspecified atom stereocenters. The van der Waals surface area contributed by atoms with Gasteiger partial charge >= 0.3 is 0 Å². The molecule has 0 bridgehead atoms. The van der Waals surface area contributed by atoms with Crippen molar-refractivity contribution in [1.82, 2.24) is 5.43 Å². The van der Waals surface area contributed by atoms with Crippen molar-refractivity contribution in [1.29, 1.82) is 0 Å². The summed E-state index contributed by atoms with van der Waals surface area (Å²) in [5.41, 5.74) is 2.34. The number of carbonyl (C=O) groups excluding carboxylic acids is 1. The van der Waals surface area contributed by atoms with E-state index in [-0.39, 0.29) is 27.0 Å². The van der Waals surface area contributed by atoms with Gasteiger partial charge in [0.1, 0.15) is 17.2 Å². The number of nitro groups is 1. The van der Waals surface area contributed by atoms with Gasteiger partial charge in [0.05, 0.1) is 29.8 Å². The first-order chi connectivity index (χ1) is 12.3. The Morgan fingerprint density at radius 2 is 1.85 bits per heavy atom. The minimum absolute atomic E-state index is 0.0644. The summed E-state index contributed by atoms with van der Waals surface area (Å²) in [6, 6.07) is 6.89. The van der Waals surface area contributed by atoms with Crippen LogP contribution in [-0.2, 0) is 0 Å². The van der Waals surface area contributed by atoms with Gasteiger partial charge in [-0.15, -0.1) is 0 Å². The van der Waals surface area contributed by atoms with E-state index in [9.17, 15) is 20.0 Å². The highest BCUT2D eigenvalue weighted by molar-refractivity contribution is 9.10. The van der Waals surface area contributed by atoms with E-state index in [1.54, 1.807) is 6.07 Å². The molecule has 0 aliphatic heterocycles. The summed E-state index contributed by atoms with van der Waals surface area (Å²) in [5, 5.41) is 24.5. The van der Waals surface area contributed by atoms with Crippen molar-refractivity contribution in [3.05, 3.63) is 56.0 Å². The Morgan fingerprint density at radius 1 is 1.23 bits per heavy atom. The SMILES string of the molecule is COc1cc(OC)cc(C(=O)NN=Cc2cc([N+](=O)[O-])cc(Br)c2O)c1. The maximum atomic E-state index is 12.2. The number of hydrogen-bond acceptors (Lipinski definition) is 7. The Kier molecular flexibility index (Phi) is 6.12. The average molecular weight is 424 g/mol. The van der Waals surface area contributed by atoms with E-state index in [0.29, 0.717) is 11.5 Å². The molecule has 2 aromatic carbocycles. The van der Waals surface area contributed by atoms with Gasteiger partial charge in [-0.3, -0.25) is 14.9 Å². The van der Waals surface area contributed by atoms with Gasteiger partial charge in [0.15, 0.2) is 0 Å². The van der Waals surface area contributed by atoms with Gasteiger partial charge in [-0.1, -0.05) is 0 Å². The quantitative estimate of drug-likeness (QED) is 0.418. The summed E-state index contributed by atoms with van der Waals surface area (Å²) < 4.78 is 10.3. The fourth-order valence-electron chi connectivity index (χ4n) is 1.97. The van der Waals surface area contributed by atoms with Crippen molar-refractivity contribution in [2.75, 3.05) is 14.2 Å². The van der Waals surface area contributed by atoms with Gasteiger partial charge in [0.2, 0.25) is 0 Å². The summed E-state index contributed by atoms with van der Waals surface area (Å²) in [5.74, 6) is 0.0663. The lowest BCUT2D eigenvalue weighted by Gasteiger charge is -2.07. The van der Waals surface area contributed by atoms with Gasteiger partial charge < -0.3 is 14.6 Å². The number of methoxy groups -OCH3 is 2. The van der Waals surface area contributed by atoms with Crippen LogP contribution in [0, 0.1) is 10.1 Å². The summed E-state index contributed by atoms with van der Waals surface area (Å²) in [7, 11) is 2.91. The predicted molar refractivity (Wildman–Crippen MR) is 97.1 cm³/mol. The molecular formula is C16H14BrN3O6. The fourth-order valence-corrected chi connectivity index (χ4v) is 2.44. The number of carbonyl (C=O) groups is 1. The number of nitrogens with one attached hydrogen (secondary N) is 1. The standard InChI is InChI=1S/C16H14BrN3O6/c1-25-12-4-9(5-13(7-12)26-2)16(22)19-18-8-10-3-11(20(23)24)6-14(17)15(10)21/h3-8,21H,1-2H3,(H,19,22). The molecule has 0 aliphatic rings. The van der Waals surface area contributed by atoms with Crippen LogP contribution in [0.3, 0.4) is 0 Å². The highest BCUT2D eigenvalue weighted by Gasteiger charge is 2.14. The van der Waals surface area contributed by atoms with Gasteiger partial charge in [0, 0.05) is 29.3 Å². The Hall–Kier alpha value is -3.14. The van der Waals surface area contributed by atoms with Crippen LogP contribution < -0.4 is 14.9 Å². The molecule has 0 aromatic heterocycles. The lowest BCUT2D eigenvalue weighted by Crippen LogP contribution is -2.17. The van der Waals surface area contributed by atoms with Crippen molar-refractivity contribution in [2.45, 2.75) is 0 Å². The zero-order valence-electron chi connectivity index (χ0n) is 13.7. The van der Waals surface area contributed by atoms with Crippen LogP contribution in [0.5, 0.6) is 17.2 Å². The molecular weight excluding hydrogens is 410 g/mol. The number of aromatic hydroxyl groups is 1. The highest BCUT2D eigenvalue weighted by Crippen LogP contribution is 2.31. The first-order valence-corrected chi connectivity index (χ1v) is 7.88. The van der Waals surface area contributed by atoms with Gasteiger partial charge in [-0.05, 0) is 28.1 Å². The molecule has 0 spiro atoms. The topological polar surface area (TPSA) is 123 Å². The molecule has 0 aliphatic carbocycles. The first-order valence-electron chi connectivity index (χ1n) is 7.09. The molecule has 0 fully saturated rings. The number of halogens is 1. The third-order valence-electron chi connectivity index (χ3n) is 3.27. The smallest absolute Gasteiger partial charge is 0.271 e. The maximum Gasteiger partial charge on any atom is 0.271 e. The molecule has 0 atom stereocenters. The Balaban J connectivity index is 2.21. The van der Waals surface area contributed by atoms with Crippen LogP contribution in [0.15, 0.2) is 39.9 Å². The number of phenolic OH excluding ortho intramolecular Hbond substituents is 1. The minimum atomic E-state index is -0.608. The second kappa shape index (κ2) is 8.30. The third-order valence-corrected chi connectivity index (χ3v) is 3.88. The van der Waals surface area contributed by atoms with Crippen molar-refractivity contribution in [2.24, 2.45) is 5.10 Å². The second-order valence-electron chi connectivity index (χ2n) is 4.92. The summed E-state index contributed by atoms with van der Waals surface area (Å²) in [6.07, 6.45) is 1.10. The number of benzene rings is 2. The predicted octanol–water partition coefficient (Wildman–Crippen LogP) is 2.84. The second-order valence-corrected chi connectivity index (χ2v) is 5.78. The van der Waals surface area contributed by atoms with Crippen LogP contribution >= 0.6 is 15.9 Å². The number of non-ortho nitro benzene ring substituents is 1. The number of ether oxygens (including phenoxy) is 2. The number of amides is 1. The van der Waals surface area contributed by atoms with Crippen LogP contribution in [0.4, 0.5) is 5.69 Å². The molecule has 1 amide bonds. The molecule has 2 aromatic rings. The number of hydrogen-bond donors (Lipinski definition) is 2. The molecule has 10 heteroatoms. The molecule has 0 saturated heterocycles. The molecule has 2 rings (SSSR count). The van der Waals surface area contributed by atoms with E-state index in [1.807, 2.05) is 0 Å². The van der Waals surface area contributed by atoms with Crippen LogP contribution in [0.25, 0.3) is 0 Å². The minimum Gasteiger partial charge on any atom is -0.506 e. The molecule has 0 saturated carbocycles. The van der Waals surface area contributed by atoms with Crippen molar-refractivity contribution >= 4 is 33.7 Å². The Bertz CT molecular complexity index is 862. The zero-order chi connectivity index (χ0) is 19.3. The van der Waals surface area contributed by atoms with E-state index in [4.69, 9.17) is 9.47 Å². The number of nitrogens with zero attached hydrogens (tertiary/aromatic N) is 2. The number of phenols is 1. The van der Waals surface area contributed by atoms with Crippen molar-refractivity contribution in [3.8, 4) is 17.2 Å². The summed E-state index contributed by atoms with van der Waals surface area (Å²) in [6.45, 7) is 0. The van der Waals surface area contributed by atoms with E-state index in [0.717, 1.165) is 18.3 Å². The van der Waals surface area contributed by atoms with E-state index < -0.39 is 10.8 Å². The van der Waals surface area contributed by atoms with E-state index in [1.165, 1.54) is 26.4 Å². The molecule has 2 N–H and O–H groups in total. The molecule has 26 heavy (non-hydrogen) atoms. The molecule has 136 valence electrons. The monoisotopic (exact) mass is 423 g/mol. The van der Waals surface area contributed by atoms with E-state index >= 15 is 0 Å². The lowest BCUT2D eigenvalue weighted by molar-refractivity contribution is -0.385. The number of hydrazone groups is 1. The molecule has 9 nitrogen and oxygen atoms in total. The van der Waals surface area contributed by atoms with Gasteiger partial charge in [-0.2, -0.15) is 5.10 Å². The van der Waals surface area contributed by atoms with Gasteiger partial charge in [0.25, 0.3) is 11.6 Å². The summed E-state index contributed by atoms with van der Waals surface area (Å²) >= 11 is 3.02. The van der Waals surface area contributed by atoms with E-state index in [2.05, 4.69) is 26.5 Å². The van der Waals surface area contributed by atoms with Crippen LogP contribution in [0.1, 0.15) is 15.9 Å². The maximum absolute atomic E-state index is 12.2. The number of rotatable bonds is 6. The van der Waals surface area contributed by atoms with Gasteiger partial charge in [-0.25, -0.2) is 5.43 Å². The largest absolute Gasteiger partial charge is 0.506 e. The lowest BCUT2D eigenvalue weighted by atomic mass is 10.2. The molecule has 0 heterocycles. The van der Waals surface area contributed by atoms with Crippen molar-refractivity contribution < 1.29 is 24.3 Å². The highest BCUT2D eigenvalue weighted by atomic mass is 79.9. The molecule has 0 radical (unpaired) electrons. The van der Waals surface area contributed by atoms with Crippen molar-refractivity contribution in [3.63, 3.8) is 0 Å². The normalized spacial score (nSPS) is 10.6. The Labute approximate surface area is 156 Å². The third kappa shape index (κ3) is 4.48. The number of nitro benzene ring substituents is 1. The Morgan fingerprint density at radius 3 is 2.38 bits per heavy atom. The first kappa shape index (κ1) is 19.2. The van der Waals surface area contributed by atoms with Crippen LogP contribution in [-0.4, -0.2) is 36.4 Å². The van der Waals surface area contributed by atoms with Crippen LogP contribution in [0.2, 0.25) is 0 Å².